The van der Waals surface area contributed by atoms with Gasteiger partial charge in [0.1, 0.15) is 0 Å². The van der Waals surface area contributed by atoms with Gasteiger partial charge in [0.15, 0.2) is 23.3 Å². The van der Waals surface area contributed by atoms with E-state index in [-0.39, 0.29) is 0 Å². The zero-order chi connectivity index (χ0) is 37.8. The molecule has 266 valence electrons. The standard InChI is InChI=1S/C48H34N8/c1-31-29-32(2)53-45(52-31)37-21-23-40(24-22-37)48-55-46(38-17-11-34(12-18-38)33-9-13-35(14-10-33)42-7-3-5-27-49-42)54-47(56-48)39-19-15-36(16-20-39)44-26-25-41(30-51-44)43-8-4-6-28-50-43/h3-30H,1-2H3. The Hall–Kier alpha value is -7.58. The van der Waals surface area contributed by atoms with Gasteiger partial charge in [-0.1, -0.05) is 109 Å². The van der Waals surface area contributed by atoms with E-state index < -0.39 is 0 Å². The zero-order valence-electron chi connectivity index (χ0n) is 30.7. The minimum Gasteiger partial charge on any atom is -0.256 e. The summed E-state index contributed by atoms with van der Waals surface area (Å²) in [5, 5.41) is 0. The molecule has 0 saturated heterocycles. The summed E-state index contributed by atoms with van der Waals surface area (Å²) < 4.78 is 0. The molecule has 0 aliphatic carbocycles. The molecule has 0 amide bonds. The average Bonchev–Trinajstić information content (AvgIpc) is 3.27. The van der Waals surface area contributed by atoms with Crippen molar-refractivity contribution in [2.24, 2.45) is 0 Å². The van der Waals surface area contributed by atoms with E-state index in [0.29, 0.717) is 23.3 Å². The summed E-state index contributed by atoms with van der Waals surface area (Å²) in [5.41, 5.74) is 13.4. The van der Waals surface area contributed by atoms with Crippen LogP contribution in [0.3, 0.4) is 0 Å². The minimum atomic E-state index is 0.572. The lowest BCUT2D eigenvalue weighted by molar-refractivity contribution is 1.06. The molecule has 0 aliphatic heterocycles. The zero-order valence-corrected chi connectivity index (χ0v) is 30.7. The molecule has 8 nitrogen and oxygen atoms in total. The Labute approximate surface area is 324 Å². The first-order valence-electron chi connectivity index (χ1n) is 18.3. The van der Waals surface area contributed by atoms with Crippen molar-refractivity contribution in [1.82, 2.24) is 39.9 Å². The molecule has 0 radical (unpaired) electrons. The summed E-state index contributed by atoms with van der Waals surface area (Å²) in [6.07, 6.45) is 5.46. The van der Waals surface area contributed by atoms with Gasteiger partial charge in [-0.05, 0) is 67.4 Å². The molecular formula is C48H34N8. The SMILES string of the molecule is Cc1cc(C)nc(-c2ccc(-c3nc(-c4ccc(-c5ccc(-c6ccccn6)cc5)cc4)nc(-c4ccc(-c5ccc(-c6ccccn6)cn5)cc4)n3)cc2)n1. The Morgan fingerprint density at radius 3 is 1.00 bits per heavy atom. The van der Waals surface area contributed by atoms with E-state index in [4.69, 9.17) is 19.9 Å². The molecule has 9 rings (SSSR count). The maximum absolute atomic E-state index is 5.01. The molecule has 0 fully saturated rings. The average molecular weight is 723 g/mol. The van der Waals surface area contributed by atoms with Crippen LogP contribution < -0.4 is 0 Å². The number of pyridine rings is 3. The summed E-state index contributed by atoms with van der Waals surface area (Å²) >= 11 is 0. The van der Waals surface area contributed by atoms with Crippen molar-refractivity contribution in [3.63, 3.8) is 0 Å². The van der Waals surface area contributed by atoms with Crippen LogP contribution in [0.4, 0.5) is 0 Å². The number of hydrogen-bond acceptors (Lipinski definition) is 8. The van der Waals surface area contributed by atoms with Crippen LogP contribution in [0.2, 0.25) is 0 Å². The van der Waals surface area contributed by atoms with Gasteiger partial charge in [-0.15, -0.1) is 0 Å². The van der Waals surface area contributed by atoms with E-state index in [1.54, 1.807) is 6.20 Å². The Balaban J connectivity index is 1.04. The van der Waals surface area contributed by atoms with Gasteiger partial charge >= 0.3 is 0 Å². The van der Waals surface area contributed by atoms with Crippen LogP contribution in [0.5, 0.6) is 0 Å². The van der Waals surface area contributed by atoms with E-state index in [2.05, 4.69) is 68.5 Å². The van der Waals surface area contributed by atoms with Gasteiger partial charge in [0, 0.05) is 68.9 Å². The highest BCUT2D eigenvalue weighted by Gasteiger charge is 2.14. The number of hydrogen-bond donors (Lipinski definition) is 0. The topological polar surface area (TPSA) is 103 Å². The largest absolute Gasteiger partial charge is 0.256 e. The first-order valence-corrected chi connectivity index (χ1v) is 18.3. The van der Waals surface area contributed by atoms with Crippen LogP contribution in [-0.4, -0.2) is 39.9 Å². The second-order valence-corrected chi connectivity index (χ2v) is 13.5. The molecular weight excluding hydrogens is 689 g/mol. The maximum Gasteiger partial charge on any atom is 0.164 e. The molecule has 5 heterocycles. The normalized spacial score (nSPS) is 11.0. The van der Waals surface area contributed by atoms with E-state index in [9.17, 15) is 0 Å². The van der Waals surface area contributed by atoms with Crippen molar-refractivity contribution < 1.29 is 0 Å². The van der Waals surface area contributed by atoms with Crippen LogP contribution in [-0.2, 0) is 0 Å². The Kier molecular flexibility index (Phi) is 9.19. The van der Waals surface area contributed by atoms with Gasteiger partial charge in [-0.3, -0.25) is 15.0 Å². The highest BCUT2D eigenvalue weighted by Crippen LogP contribution is 2.30. The van der Waals surface area contributed by atoms with Gasteiger partial charge in [0.25, 0.3) is 0 Å². The highest BCUT2D eigenvalue weighted by atomic mass is 15.0. The lowest BCUT2D eigenvalue weighted by Crippen LogP contribution is -2.00. The molecule has 0 aliphatic rings. The van der Waals surface area contributed by atoms with Crippen LogP contribution in [0, 0.1) is 13.8 Å². The van der Waals surface area contributed by atoms with Crippen LogP contribution >= 0.6 is 0 Å². The van der Waals surface area contributed by atoms with E-state index >= 15 is 0 Å². The van der Waals surface area contributed by atoms with Gasteiger partial charge in [-0.25, -0.2) is 24.9 Å². The van der Waals surface area contributed by atoms with Crippen molar-refractivity contribution in [3.8, 4) is 90.5 Å². The number of rotatable bonds is 8. The summed E-state index contributed by atoms with van der Waals surface area (Å²) in [6.45, 7) is 3.96. The van der Waals surface area contributed by atoms with Crippen molar-refractivity contribution in [3.05, 3.63) is 182 Å². The molecule has 9 aromatic rings. The van der Waals surface area contributed by atoms with Crippen molar-refractivity contribution in [2.75, 3.05) is 0 Å². The lowest BCUT2D eigenvalue weighted by atomic mass is 10.0. The summed E-state index contributed by atoms with van der Waals surface area (Å²) in [4.78, 5) is 37.9. The molecule has 8 heteroatoms. The Morgan fingerprint density at radius 2 is 0.625 bits per heavy atom. The third-order valence-electron chi connectivity index (χ3n) is 9.50. The Morgan fingerprint density at radius 1 is 0.286 bits per heavy atom. The van der Waals surface area contributed by atoms with Crippen molar-refractivity contribution in [1.29, 1.82) is 0 Å². The fourth-order valence-electron chi connectivity index (χ4n) is 6.61. The van der Waals surface area contributed by atoms with E-state index in [0.717, 1.165) is 78.5 Å². The number of aryl methyl sites for hydroxylation is 2. The minimum absolute atomic E-state index is 0.572. The summed E-state index contributed by atoms with van der Waals surface area (Å²) in [6, 6.07) is 50.9. The molecule has 0 unspecified atom stereocenters. The van der Waals surface area contributed by atoms with Crippen LogP contribution in [0.25, 0.3) is 90.5 Å². The first kappa shape index (κ1) is 34.2. The predicted molar refractivity (Wildman–Crippen MR) is 222 cm³/mol. The van der Waals surface area contributed by atoms with E-state index in [1.807, 2.05) is 129 Å². The second kappa shape index (κ2) is 15.0. The van der Waals surface area contributed by atoms with Crippen molar-refractivity contribution >= 4 is 0 Å². The first-order chi connectivity index (χ1) is 27.5. The van der Waals surface area contributed by atoms with Crippen molar-refractivity contribution in [2.45, 2.75) is 13.8 Å². The number of aromatic nitrogens is 8. The third kappa shape index (κ3) is 7.31. The predicted octanol–water partition coefficient (Wildman–Crippen LogP) is 10.8. The fraction of sp³-hybridized carbons (Fsp3) is 0.0417. The van der Waals surface area contributed by atoms with Gasteiger partial charge in [-0.2, -0.15) is 0 Å². The van der Waals surface area contributed by atoms with Gasteiger partial charge < -0.3 is 0 Å². The third-order valence-corrected chi connectivity index (χ3v) is 9.50. The molecule has 0 saturated carbocycles. The van der Waals surface area contributed by atoms with Gasteiger partial charge in [0.05, 0.1) is 17.1 Å². The number of nitrogens with zero attached hydrogens (tertiary/aromatic N) is 8. The molecule has 0 bridgehead atoms. The summed E-state index contributed by atoms with van der Waals surface area (Å²) in [5.74, 6) is 2.42. The Bertz CT molecular complexity index is 2590. The van der Waals surface area contributed by atoms with E-state index in [1.165, 1.54) is 0 Å². The monoisotopic (exact) mass is 722 g/mol. The summed E-state index contributed by atoms with van der Waals surface area (Å²) in [7, 11) is 0. The fourth-order valence-corrected chi connectivity index (χ4v) is 6.61. The smallest absolute Gasteiger partial charge is 0.164 e. The molecule has 56 heavy (non-hydrogen) atoms. The van der Waals surface area contributed by atoms with Gasteiger partial charge in [0.2, 0.25) is 0 Å². The van der Waals surface area contributed by atoms with Crippen LogP contribution in [0.15, 0.2) is 170 Å². The molecule has 0 atom stereocenters. The molecule has 0 N–H and O–H groups in total. The quantitative estimate of drug-likeness (QED) is 0.153. The molecule has 4 aromatic carbocycles. The second-order valence-electron chi connectivity index (χ2n) is 13.5. The highest BCUT2D eigenvalue weighted by molar-refractivity contribution is 5.74. The maximum atomic E-state index is 5.01. The number of benzene rings is 4. The lowest BCUT2D eigenvalue weighted by Gasteiger charge is -2.10. The molecule has 5 aromatic heterocycles. The molecule has 0 spiro atoms. The van der Waals surface area contributed by atoms with Crippen LogP contribution in [0.1, 0.15) is 11.4 Å².